The lowest BCUT2D eigenvalue weighted by Crippen LogP contribution is -2.41. The summed E-state index contributed by atoms with van der Waals surface area (Å²) in [6.45, 7) is 10.5. The van der Waals surface area contributed by atoms with Crippen LogP contribution >= 0.6 is 0 Å². The molecule has 0 aromatic heterocycles. The first-order chi connectivity index (χ1) is 25.7. The Morgan fingerprint density at radius 1 is 0.852 bits per heavy atom. The minimum absolute atomic E-state index is 0.0555. The van der Waals surface area contributed by atoms with Crippen LogP contribution in [0.1, 0.15) is 97.1 Å². The average Bonchev–Trinajstić information content (AvgIpc) is 3.11. The molecule has 2 aromatic carbocycles. The zero-order chi connectivity index (χ0) is 39.9. The molecule has 300 valence electrons. The molecule has 3 atom stereocenters. The zero-order valence-corrected chi connectivity index (χ0v) is 32.9. The van der Waals surface area contributed by atoms with Crippen molar-refractivity contribution in [2.75, 3.05) is 38.8 Å². The van der Waals surface area contributed by atoms with Crippen LogP contribution in [0.4, 0.5) is 10.5 Å². The molecule has 0 aliphatic rings. The van der Waals surface area contributed by atoms with Crippen LogP contribution in [0.15, 0.2) is 48.5 Å². The predicted molar refractivity (Wildman–Crippen MR) is 206 cm³/mol. The molecule has 13 heteroatoms. The summed E-state index contributed by atoms with van der Waals surface area (Å²) in [7, 11) is 1.55. The van der Waals surface area contributed by atoms with Gasteiger partial charge in [-0.05, 0) is 94.9 Å². The molecule has 3 amide bonds. The number of Topliss-reactive ketones (excluding diaryl/α,β-unsaturated/α-hetero) is 1. The number of benzene rings is 2. The average molecular weight is 756 g/mol. The standard InChI is InChI=1S/C41H61N3O10/c1-29(24-30(2)39(49)54-41(3,4)5)25-32-19-20-36(46)34(26-32)43-37(47)18-11-10-17-35(45)33(44-40(50)53-27-31-14-8-7-9-15-31)16-12-13-21-42-38(48)28-52-23-22-51-6/h7-9,14-15,19-20,26,29-30,33,46H,10-13,16-18,21-25,27-28H2,1-6H3,(H,42,48)(H,43,47)(H,44,50)/t29-,30?,33+/m1/s1. The highest BCUT2D eigenvalue weighted by Crippen LogP contribution is 2.27. The molecule has 1 unspecified atom stereocenters. The van der Waals surface area contributed by atoms with Crippen LogP contribution in [0.25, 0.3) is 0 Å². The summed E-state index contributed by atoms with van der Waals surface area (Å²) >= 11 is 0. The number of ketones is 1. The summed E-state index contributed by atoms with van der Waals surface area (Å²) in [4.78, 5) is 63.0. The molecule has 0 fully saturated rings. The number of carbonyl (C=O) groups excluding carboxylic acids is 5. The molecule has 0 saturated heterocycles. The van der Waals surface area contributed by atoms with Gasteiger partial charge in [-0.2, -0.15) is 0 Å². The fourth-order valence-corrected chi connectivity index (χ4v) is 5.65. The minimum Gasteiger partial charge on any atom is -0.506 e. The van der Waals surface area contributed by atoms with Crippen molar-refractivity contribution in [2.24, 2.45) is 11.8 Å². The lowest BCUT2D eigenvalue weighted by Gasteiger charge is -2.23. The van der Waals surface area contributed by atoms with Gasteiger partial charge in [-0.15, -0.1) is 0 Å². The molecule has 2 rings (SSSR count). The normalized spacial score (nSPS) is 12.9. The van der Waals surface area contributed by atoms with Gasteiger partial charge in [0.25, 0.3) is 0 Å². The Bertz CT molecular complexity index is 1460. The molecule has 0 heterocycles. The molecular weight excluding hydrogens is 694 g/mol. The Labute approximate surface area is 320 Å². The number of nitrogens with one attached hydrogen (secondary N) is 3. The summed E-state index contributed by atoms with van der Waals surface area (Å²) in [5, 5.41) is 18.7. The summed E-state index contributed by atoms with van der Waals surface area (Å²) < 4.78 is 20.9. The smallest absolute Gasteiger partial charge is 0.408 e. The van der Waals surface area contributed by atoms with Crippen molar-refractivity contribution >= 4 is 35.3 Å². The molecular formula is C41H61N3O10. The van der Waals surface area contributed by atoms with E-state index in [-0.39, 0.29) is 67.2 Å². The lowest BCUT2D eigenvalue weighted by atomic mass is 9.91. The monoisotopic (exact) mass is 755 g/mol. The third-order valence-electron chi connectivity index (χ3n) is 8.36. The number of aromatic hydroxyl groups is 1. The van der Waals surface area contributed by atoms with Gasteiger partial charge in [0.05, 0.1) is 30.9 Å². The fourth-order valence-electron chi connectivity index (χ4n) is 5.65. The molecule has 0 spiro atoms. The van der Waals surface area contributed by atoms with Gasteiger partial charge in [-0.25, -0.2) is 4.79 Å². The number of hydrogen-bond acceptors (Lipinski definition) is 10. The van der Waals surface area contributed by atoms with Crippen LogP contribution in [0.2, 0.25) is 0 Å². The van der Waals surface area contributed by atoms with Crippen LogP contribution in [-0.2, 0) is 51.2 Å². The van der Waals surface area contributed by atoms with E-state index in [1.54, 1.807) is 25.3 Å². The van der Waals surface area contributed by atoms with Gasteiger partial charge in [0, 0.05) is 26.5 Å². The van der Waals surface area contributed by atoms with E-state index in [0.717, 1.165) is 11.1 Å². The highest BCUT2D eigenvalue weighted by atomic mass is 16.6. The number of unbranched alkanes of at least 4 members (excludes halogenated alkanes) is 2. The second kappa shape index (κ2) is 24.8. The van der Waals surface area contributed by atoms with Crippen molar-refractivity contribution in [1.29, 1.82) is 0 Å². The molecule has 54 heavy (non-hydrogen) atoms. The number of phenolic OH excluding ortho intramolecular Hbond substituents is 1. The number of ether oxygens (including phenoxy) is 4. The largest absolute Gasteiger partial charge is 0.506 e. The van der Waals surface area contributed by atoms with Gasteiger partial charge in [-0.1, -0.05) is 50.2 Å². The van der Waals surface area contributed by atoms with Gasteiger partial charge in [0.2, 0.25) is 11.8 Å². The molecule has 0 radical (unpaired) electrons. The maximum atomic E-state index is 13.2. The molecule has 2 aromatic rings. The second-order valence-electron chi connectivity index (χ2n) is 14.7. The topological polar surface area (TPSA) is 179 Å². The number of phenols is 1. The molecule has 4 N–H and O–H groups in total. The van der Waals surface area contributed by atoms with Gasteiger partial charge in [0.1, 0.15) is 24.6 Å². The third-order valence-corrected chi connectivity index (χ3v) is 8.36. The van der Waals surface area contributed by atoms with Crippen LogP contribution in [0.3, 0.4) is 0 Å². The van der Waals surface area contributed by atoms with Crippen LogP contribution in [-0.4, -0.2) is 79.9 Å². The summed E-state index contributed by atoms with van der Waals surface area (Å²) in [6, 6.07) is 13.5. The van der Waals surface area contributed by atoms with E-state index in [0.29, 0.717) is 70.4 Å². The Morgan fingerprint density at radius 2 is 1.57 bits per heavy atom. The fraction of sp³-hybridized carbons (Fsp3) is 0.585. The maximum absolute atomic E-state index is 13.2. The van der Waals surface area contributed by atoms with E-state index in [1.165, 1.54) is 0 Å². The number of esters is 1. The predicted octanol–water partition coefficient (Wildman–Crippen LogP) is 6.25. The summed E-state index contributed by atoms with van der Waals surface area (Å²) in [5.74, 6) is -1.13. The van der Waals surface area contributed by atoms with Crippen LogP contribution in [0.5, 0.6) is 5.75 Å². The second-order valence-corrected chi connectivity index (χ2v) is 14.7. The summed E-state index contributed by atoms with van der Waals surface area (Å²) in [6.07, 6.45) is 3.20. The first kappa shape index (κ1) is 45.7. The van der Waals surface area contributed by atoms with Gasteiger partial charge < -0.3 is 40.0 Å². The number of carbonyl (C=O) groups is 5. The van der Waals surface area contributed by atoms with Gasteiger partial charge in [0.15, 0.2) is 5.78 Å². The third kappa shape index (κ3) is 20.1. The van der Waals surface area contributed by atoms with Crippen molar-refractivity contribution in [3.05, 3.63) is 59.7 Å². The zero-order valence-electron chi connectivity index (χ0n) is 32.9. The van der Waals surface area contributed by atoms with E-state index in [4.69, 9.17) is 18.9 Å². The van der Waals surface area contributed by atoms with Crippen molar-refractivity contribution in [3.63, 3.8) is 0 Å². The lowest BCUT2D eigenvalue weighted by molar-refractivity contribution is -0.160. The highest BCUT2D eigenvalue weighted by molar-refractivity contribution is 5.92. The van der Waals surface area contributed by atoms with E-state index in [9.17, 15) is 29.1 Å². The molecule has 0 aliphatic carbocycles. The number of anilines is 1. The first-order valence-electron chi connectivity index (χ1n) is 18.8. The Kier molecular flexibility index (Phi) is 20.9. The quantitative estimate of drug-likeness (QED) is 0.0514. The molecule has 13 nitrogen and oxygen atoms in total. The van der Waals surface area contributed by atoms with Crippen molar-refractivity contribution < 1.29 is 48.0 Å². The van der Waals surface area contributed by atoms with Gasteiger partial charge >= 0.3 is 12.1 Å². The van der Waals surface area contributed by atoms with Crippen molar-refractivity contribution in [3.8, 4) is 5.75 Å². The van der Waals surface area contributed by atoms with E-state index in [2.05, 4.69) is 16.0 Å². The van der Waals surface area contributed by atoms with Crippen molar-refractivity contribution in [1.82, 2.24) is 10.6 Å². The Balaban J connectivity index is 1.84. The number of methoxy groups -OCH3 is 1. The van der Waals surface area contributed by atoms with E-state index < -0.39 is 17.7 Å². The Hall–Kier alpha value is -4.49. The minimum atomic E-state index is -0.788. The maximum Gasteiger partial charge on any atom is 0.408 e. The first-order valence-corrected chi connectivity index (χ1v) is 18.8. The molecule has 0 bridgehead atoms. The van der Waals surface area contributed by atoms with E-state index >= 15 is 0 Å². The molecule has 0 aliphatic heterocycles. The number of amides is 3. The number of alkyl carbamates (subject to hydrolysis) is 1. The van der Waals surface area contributed by atoms with Gasteiger partial charge in [-0.3, -0.25) is 19.2 Å². The highest BCUT2D eigenvalue weighted by Gasteiger charge is 2.24. The van der Waals surface area contributed by atoms with Crippen LogP contribution < -0.4 is 16.0 Å². The van der Waals surface area contributed by atoms with Crippen molar-refractivity contribution in [2.45, 2.75) is 111 Å². The number of rotatable bonds is 25. The SMILES string of the molecule is COCCOCC(=O)NCCCC[C@H](NC(=O)OCc1ccccc1)C(=O)CCCCC(=O)Nc1cc(C[C@H](C)CC(C)C(=O)OC(C)(C)C)ccc1O. The number of hydrogen-bond donors (Lipinski definition) is 4. The Morgan fingerprint density at radius 3 is 2.28 bits per heavy atom. The van der Waals surface area contributed by atoms with Crippen LogP contribution in [0, 0.1) is 11.8 Å². The molecule has 0 saturated carbocycles. The van der Waals surface area contributed by atoms with E-state index in [1.807, 2.05) is 65.0 Å². The summed E-state index contributed by atoms with van der Waals surface area (Å²) in [5.41, 5.74) is 1.48.